The van der Waals surface area contributed by atoms with E-state index in [0.717, 1.165) is 0 Å². The van der Waals surface area contributed by atoms with Gasteiger partial charge in [-0.3, -0.25) is 9.59 Å². The third-order valence-electron chi connectivity index (χ3n) is 3.05. The minimum absolute atomic E-state index is 0.0322. The van der Waals surface area contributed by atoms with E-state index in [-0.39, 0.29) is 17.7 Å². The quantitative estimate of drug-likeness (QED) is 0.661. The van der Waals surface area contributed by atoms with Gasteiger partial charge in [0.25, 0.3) is 0 Å². The van der Waals surface area contributed by atoms with Gasteiger partial charge in [0.15, 0.2) is 0 Å². The molecule has 18 heavy (non-hydrogen) atoms. The number of nitrogens with two attached hydrogens (primary N) is 1. The van der Waals surface area contributed by atoms with Crippen LogP contribution in [0.1, 0.15) is 19.8 Å². The van der Waals surface area contributed by atoms with Gasteiger partial charge in [-0.15, -0.1) is 0 Å². The van der Waals surface area contributed by atoms with Gasteiger partial charge < -0.3 is 20.7 Å². The summed E-state index contributed by atoms with van der Waals surface area (Å²) < 4.78 is 5.18. The number of amides is 2. The number of rotatable bonds is 6. The van der Waals surface area contributed by atoms with Crippen LogP contribution in [0.25, 0.3) is 0 Å². The van der Waals surface area contributed by atoms with Crippen molar-refractivity contribution in [3.63, 3.8) is 0 Å². The standard InChI is InChI=1S/C12H23N3O3/c1-10(2-4-13)12(17)14-5-3-11(16)15-6-8-18-9-7-15/h10H,2-9,13H2,1H3,(H,14,17). The first-order chi connectivity index (χ1) is 8.65. The van der Waals surface area contributed by atoms with Gasteiger partial charge in [0.05, 0.1) is 13.2 Å². The number of carbonyl (C=O) groups is 2. The van der Waals surface area contributed by atoms with Crippen LogP contribution in [0.5, 0.6) is 0 Å². The van der Waals surface area contributed by atoms with Crippen LogP contribution < -0.4 is 11.1 Å². The topological polar surface area (TPSA) is 84.7 Å². The highest BCUT2D eigenvalue weighted by Crippen LogP contribution is 2.01. The number of nitrogens with zero attached hydrogens (tertiary/aromatic N) is 1. The molecule has 6 nitrogen and oxygen atoms in total. The Morgan fingerprint density at radius 2 is 2.06 bits per heavy atom. The Balaban J connectivity index is 2.16. The molecule has 1 aliphatic heterocycles. The van der Waals surface area contributed by atoms with Crippen LogP contribution >= 0.6 is 0 Å². The van der Waals surface area contributed by atoms with Gasteiger partial charge >= 0.3 is 0 Å². The molecule has 2 amide bonds. The second-order valence-corrected chi connectivity index (χ2v) is 4.51. The van der Waals surface area contributed by atoms with Crippen molar-refractivity contribution in [2.75, 3.05) is 39.4 Å². The van der Waals surface area contributed by atoms with E-state index >= 15 is 0 Å². The second kappa shape index (κ2) is 8.05. The summed E-state index contributed by atoms with van der Waals surface area (Å²) in [5, 5.41) is 2.76. The number of ether oxygens (including phenoxy) is 1. The normalized spacial score (nSPS) is 17.3. The van der Waals surface area contributed by atoms with Crippen LogP contribution in [-0.4, -0.2) is 56.1 Å². The summed E-state index contributed by atoms with van der Waals surface area (Å²) in [7, 11) is 0. The van der Waals surface area contributed by atoms with Crippen LogP contribution in [0, 0.1) is 5.92 Å². The summed E-state index contributed by atoms with van der Waals surface area (Å²) in [4.78, 5) is 25.1. The maximum absolute atomic E-state index is 11.8. The van der Waals surface area contributed by atoms with E-state index in [1.165, 1.54) is 0 Å². The lowest BCUT2D eigenvalue weighted by atomic mass is 10.1. The number of hydrogen-bond acceptors (Lipinski definition) is 4. The van der Waals surface area contributed by atoms with Crippen molar-refractivity contribution in [1.29, 1.82) is 0 Å². The first kappa shape index (κ1) is 14.9. The molecule has 1 fully saturated rings. The molecule has 0 spiro atoms. The molecule has 1 rings (SSSR count). The van der Waals surface area contributed by atoms with E-state index in [0.29, 0.717) is 52.2 Å². The molecular weight excluding hydrogens is 234 g/mol. The molecule has 104 valence electrons. The zero-order chi connectivity index (χ0) is 13.4. The second-order valence-electron chi connectivity index (χ2n) is 4.51. The minimum atomic E-state index is -0.0894. The molecule has 0 aromatic rings. The Labute approximate surface area is 108 Å². The van der Waals surface area contributed by atoms with E-state index in [2.05, 4.69) is 5.32 Å². The van der Waals surface area contributed by atoms with Gasteiger partial charge in [0.2, 0.25) is 11.8 Å². The van der Waals surface area contributed by atoms with Gasteiger partial charge in [-0.1, -0.05) is 6.92 Å². The van der Waals surface area contributed by atoms with Gasteiger partial charge in [-0.2, -0.15) is 0 Å². The van der Waals surface area contributed by atoms with Crippen LogP contribution in [0.2, 0.25) is 0 Å². The first-order valence-corrected chi connectivity index (χ1v) is 6.48. The minimum Gasteiger partial charge on any atom is -0.378 e. The van der Waals surface area contributed by atoms with Crippen LogP contribution in [0.4, 0.5) is 0 Å². The molecule has 0 saturated carbocycles. The molecule has 6 heteroatoms. The molecule has 0 aromatic heterocycles. The maximum atomic E-state index is 11.8. The van der Waals surface area contributed by atoms with Crippen molar-refractivity contribution in [3.8, 4) is 0 Å². The lowest BCUT2D eigenvalue weighted by Crippen LogP contribution is -2.42. The molecule has 3 N–H and O–H groups in total. The van der Waals surface area contributed by atoms with E-state index in [9.17, 15) is 9.59 Å². The SMILES string of the molecule is CC(CCN)C(=O)NCCC(=O)N1CCOCC1. The van der Waals surface area contributed by atoms with E-state index in [1.807, 2.05) is 6.92 Å². The third kappa shape index (κ3) is 5.01. The smallest absolute Gasteiger partial charge is 0.224 e. The van der Waals surface area contributed by atoms with Crippen molar-refractivity contribution < 1.29 is 14.3 Å². The van der Waals surface area contributed by atoms with E-state index in [1.54, 1.807) is 4.90 Å². The molecule has 0 aromatic carbocycles. The summed E-state index contributed by atoms with van der Waals surface area (Å²) in [6.07, 6.45) is 1.02. The van der Waals surface area contributed by atoms with Gasteiger partial charge in [0.1, 0.15) is 0 Å². The highest BCUT2D eigenvalue weighted by Gasteiger charge is 2.17. The Hall–Kier alpha value is -1.14. The Kier molecular flexibility index (Phi) is 6.67. The van der Waals surface area contributed by atoms with Crippen LogP contribution in [0.3, 0.4) is 0 Å². The predicted molar refractivity (Wildman–Crippen MR) is 67.9 cm³/mol. The highest BCUT2D eigenvalue weighted by atomic mass is 16.5. The number of carbonyl (C=O) groups excluding carboxylic acids is 2. The van der Waals surface area contributed by atoms with Crippen molar-refractivity contribution in [2.45, 2.75) is 19.8 Å². The van der Waals surface area contributed by atoms with Gasteiger partial charge in [0, 0.05) is 32.0 Å². The van der Waals surface area contributed by atoms with Gasteiger partial charge in [-0.05, 0) is 13.0 Å². The summed E-state index contributed by atoms with van der Waals surface area (Å²) in [5.41, 5.74) is 5.39. The summed E-state index contributed by atoms with van der Waals surface area (Å²) in [6, 6.07) is 0. The molecular formula is C12H23N3O3. The van der Waals surface area contributed by atoms with Crippen molar-refractivity contribution in [2.24, 2.45) is 11.7 Å². The molecule has 0 aliphatic carbocycles. The molecule has 0 bridgehead atoms. The maximum Gasteiger partial charge on any atom is 0.224 e. The van der Waals surface area contributed by atoms with Crippen molar-refractivity contribution in [1.82, 2.24) is 10.2 Å². The summed E-state index contributed by atoms with van der Waals surface area (Å²) >= 11 is 0. The monoisotopic (exact) mass is 257 g/mol. The van der Waals surface area contributed by atoms with Crippen LogP contribution in [-0.2, 0) is 14.3 Å². The molecule has 1 atom stereocenters. The van der Waals surface area contributed by atoms with Gasteiger partial charge in [-0.25, -0.2) is 0 Å². The lowest BCUT2D eigenvalue weighted by Gasteiger charge is -2.26. The van der Waals surface area contributed by atoms with Crippen molar-refractivity contribution in [3.05, 3.63) is 0 Å². The summed E-state index contributed by atoms with van der Waals surface area (Å²) in [5.74, 6) is -0.0474. The summed E-state index contributed by atoms with van der Waals surface area (Å²) in [6.45, 7) is 5.24. The molecule has 1 saturated heterocycles. The van der Waals surface area contributed by atoms with E-state index < -0.39 is 0 Å². The van der Waals surface area contributed by atoms with E-state index in [4.69, 9.17) is 10.5 Å². The number of morpholine rings is 1. The lowest BCUT2D eigenvalue weighted by molar-refractivity contribution is -0.135. The Bertz CT molecular complexity index is 278. The molecule has 0 radical (unpaired) electrons. The fraction of sp³-hybridized carbons (Fsp3) is 0.833. The fourth-order valence-electron chi connectivity index (χ4n) is 1.82. The first-order valence-electron chi connectivity index (χ1n) is 6.48. The largest absolute Gasteiger partial charge is 0.378 e. The predicted octanol–water partition coefficient (Wildman–Crippen LogP) is -0.664. The average molecular weight is 257 g/mol. The fourth-order valence-corrected chi connectivity index (χ4v) is 1.82. The zero-order valence-electron chi connectivity index (χ0n) is 11.0. The number of hydrogen-bond donors (Lipinski definition) is 2. The molecule has 1 aliphatic rings. The highest BCUT2D eigenvalue weighted by molar-refractivity contribution is 5.80. The average Bonchev–Trinajstić information content (AvgIpc) is 2.39. The van der Waals surface area contributed by atoms with Crippen molar-refractivity contribution >= 4 is 11.8 Å². The molecule has 1 heterocycles. The van der Waals surface area contributed by atoms with Crippen LogP contribution in [0.15, 0.2) is 0 Å². The third-order valence-corrected chi connectivity index (χ3v) is 3.05. The Morgan fingerprint density at radius 1 is 1.39 bits per heavy atom. The zero-order valence-corrected chi connectivity index (χ0v) is 11.0. The molecule has 1 unspecified atom stereocenters. The number of nitrogens with one attached hydrogen (secondary N) is 1. The Morgan fingerprint density at radius 3 is 2.67 bits per heavy atom.